The molecule has 3 nitrogen and oxygen atoms in total. The van der Waals surface area contributed by atoms with Crippen LogP contribution < -0.4 is 0 Å². The normalized spacial score (nSPS) is 16.1. The highest BCUT2D eigenvalue weighted by Gasteiger charge is 2.32. The molecular formula is C14H12FN3S. The Morgan fingerprint density at radius 2 is 2.26 bits per heavy atom. The SMILES string of the molecule is CC(c1sc(-c2cncc(F)c2)nc1C#N)C1CC1. The minimum atomic E-state index is -0.386. The highest BCUT2D eigenvalue weighted by Crippen LogP contribution is 2.45. The Labute approximate surface area is 114 Å². The molecule has 2 aromatic heterocycles. The zero-order valence-electron chi connectivity index (χ0n) is 10.4. The first kappa shape index (κ1) is 12.2. The molecule has 1 fully saturated rings. The molecule has 0 bridgehead atoms. The molecule has 1 atom stereocenters. The predicted octanol–water partition coefficient (Wildman–Crippen LogP) is 3.73. The van der Waals surface area contributed by atoms with Crippen LogP contribution in [0.15, 0.2) is 18.5 Å². The Bertz CT molecular complexity index is 655. The van der Waals surface area contributed by atoms with E-state index in [-0.39, 0.29) is 5.82 Å². The number of rotatable bonds is 3. The smallest absolute Gasteiger partial charge is 0.155 e. The third-order valence-corrected chi connectivity index (χ3v) is 4.76. The molecule has 0 amide bonds. The molecule has 0 aliphatic heterocycles. The fraction of sp³-hybridized carbons (Fsp3) is 0.357. The van der Waals surface area contributed by atoms with Crippen molar-refractivity contribution in [1.29, 1.82) is 5.26 Å². The van der Waals surface area contributed by atoms with Gasteiger partial charge < -0.3 is 0 Å². The summed E-state index contributed by atoms with van der Waals surface area (Å²) in [7, 11) is 0. The predicted molar refractivity (Wildman–Crippen MR) is 71.2 cm³/mol. The second-order valence-corrected chi connectivity index (χ2v) is 5.89. The summed E-state index contributed by atoms with van der Waals surface area (Å²) in [6.45, 7) is 2.14. The summed E-state index contributed by atoms with van der Waals surface area (Å²) in [5, 5.41) is 9.86. The molecule has 19 heavy (non-hydrogen) atoms. The van der Waals surface area contributed by atoms with Gasteiger partial charge in [0.15, 0.2) is 5.69 Å². The molecule has 0 radical (unpaired) electrons. The van der Waals surface area contributed by atoms with Crippen molar-refractivity contribution < 1.29 is 4.39 Å². The molecule has 0 aromatic carbocycles. The highest BCUT2D eigenvalue weighted by atomic mass is 32.1. The van der Waals surface area contributed by atoms with Crippen molar-refractivity contribution in [3.8, 4) is 16.6 Å². The monoisotopic (exact) mass is 273 g/mol. The number of nitrogens with zero attached hydrogens (tertiary/aromatic N) is 3. The van der Waals surface area contributed by atoms with Crippen molar-refractivity contribution in [2.75, 3.05) is 0 Å². The van der Waals surface area contributed by atoms with Crippen LogP contribution in [0.2, 0.25) is 0 Å². The number of hydrogen-bond acceptors (Lipinski definition) is 4. The summed E-state index contributed by atoms with van der Waals surface area (Å²) < 4.78 is 13.2. The summed E-state index contributed by atoms with van der Waals surface area (Å²) in [4.78, 5) is 9.17. The van der Waals surface area contributed by atoms with E-state index in [0.29, 0.717) is 28.1 Å². The second-order valence-electron chi connectivity index (χ2n) is 4.86. The van der Waals surface area contributed by atoms with Crippen LogP contribution in [0.1, 0.15) is 36.3 Å². The Morgan fingerprint density at radius 1 is 1.47 bits per heavy atom. The van der Waals surface area contributed by atoms with E-state index in [1.807, 2.05) is 0 Å². The van der Waals surface area contributed by atoms with Crippen molar-refractivity contribution in [2.24, 2.45) is 5.92 Å². The number of nitriles is 1. The van der Waals surface area contributed by atoms with Gasteiger partial charge in [-0.3, -0.25) is 4.98 Å². The second kappa shape index (κ2) is 4.71. The minimum absolute atomic E-state index is 0.363. The topological polar surface area (TPSA) is 49.6 Å². The lowest BCUT2D eigenvalue weighted by Gasteiger charge is -2.05. The maximum atomic E-state index is 13.2. The summed E-state index contributed by atoms with van der Waals surface area (Å²) >= 11 is 1.48. The quantitative estimate of drug-likeness (QED) is 0.856. The standard InChI is InChI=1S/C14H12FN3S/c1-8(9-2-3-9)13-12(5-16)18-14(19-13)10-4-11(15)7-17-6-10/h4,6-9H,2-3H2,1H3. The summed E-state index contributed by atoms with van der Waals surface area (Å²) in [6, 6.07) is 3.55. The third-order valence-electron chi connectivity index (χ3n) is 3.45. The Kier molecular flexibility index (Phi) is 3.03. The maximum absolute atomic E-state index is 13.2. The minimum Gasteiger partial charge on any atom is -0.261 e. The Hall–Kier alpha value is -1.80. The van der Waals surface area contributed by atoms with Gasteiger partial charge in [-0.25, -0.2) is 9.37 Å². The molecule has 2 aromatic rings. The molecule has 0 spiro atoms. The molecule has 1 aliphatic carbocycles. The van der Waals surface area contributed by atoms with E-state index in [1.54, 1.807) is 6.20 Å². The van der Waals surface area contributed by atoms with E-state index in [9.17, 15) is 9.65 Å². The molecular weight excluding hydrogens is 261 g/mol. The largest absolute Gasteiger partial charge is 0.261 e. The van der Waals surface area contributed by atoms with E-state index in [1.165, 1.54) is 30.2 Å². The molecule has 5 heteroatoms. The van der Waals surface area contributed by atoms with Crippen LogP contribution in [0.5, 0.6) is 0 Å². The number of aromatic nitrogens is 2. The summed E-state index contributed by atoms with van der Waals surface area (Å²) in [5.41, 5.74) is 1.11. The molecule has 0 saturated heterocycles. The Balaban J connectivity index is 2.02. The average Bonchev–Trinajstić information content (AvgIpc) is 3.17. The maximum Gasteiger partial charge on any atom is 0.155 e. The molecule has 1 aliphatic rings. The van der Waals surface area contributed by atoms with E-state index in [0.717, 1.165) is 11.1 Å². The lowest BCUT2D eigenvalue weighted by molar-refractivity contribution is 0.622. The van der Waals surface area contributed by atoms with Crippen molar-refractivity contribution >= 4 is 11.3 Å². The average molecular weight is 273 g/mol. The number of hydrogen-bond donors (Lipinski definition) is 0. The van der Waals surface area contributed by atoms with Gasteiger partial charge in [-0.15, -0.1) is 11.3 Å². The number of halogens is 1. The summed E-state index contributed by atoms with van der Waals surface area (Å²) in [6.07, 6.45) is 5.19. The van der Waals surface area contributed by atoms with Gasteiger partial charge >= 0.3 is 0 Å². The van der Waals surface area contributed by atoms with Crippen LogP contribution in [0, 0.1) is 23.1 Å². The lowest BCUT2D eigenvalue weighted by Crippen LogP contribution is -1.95. The van der Waals surface area contributed by atoms with Crippen LogP contribution in [-0.2, 0) is 0 Å². The van der Waals surface area contributed by atoms with Gasteiger partial charge in [-0.1, -0.05) is 6.92 Å². The van der Waals surface area contributed by atoms with Crippen molar-refractivity contribution in [1.82, 2.24) is 9.97 Å². The first-order chi connectivity index (χ1) is 9.19. The van der Waals surface area contributed by atoms with Gasteiger partial charge in [0.1, 0.15) is 16.9 Å². The van der Waals surface area contributed by atoms with Gasteiger partial charge in [0.2, 0.25) is 0 Å². The molecule has 96 valence electrons. The van der Waals surface area contributed by atoms with E-state index in [2.05, 4.69) is 23.0 Å². The zero-order chi connectivity index (χ0) is 13.4. The van der Waals surface area contributed by atoms with Crippen LogP contribution in [0.3, 0.4) is 0 Å². The van der Waals surface area contributed by atoms with Crippen LogP contribution in [0.25, 0.3) is 10.6 Å². The molecule has 1 saturated carbocycles. The molecule has 2 heterocycles. The lowest BCUT2D eigenvalue weighted by atomic mass is 10.0. The fourth-order valence-electron chi connectivity index (χ4n) is 2.18. The Morgan fingerprint density at radius 3 is 2.89 bits per heavy atom. The first-order valence-electron chi connectivity index (χ1n) is 6.21. The number of pyridine rings is 1. The van der Waals surface area contributed by atoms with Crippen molar-refractivity contribution in [3.05, 3.63) is 34.8 Å². The summed E-state index contributed by atoms with van der Waals surface area (Å²) in [5.74, 6) is 0.649. The highest BCUT2D eigenvalue weighted by molar-refractivity contribution is 7.15. The van der Waals surface area contributed by atoms with Gasteiger partial charge in [0.05, 0.1) is 6.20 Å². The molecule has 0 N–H and O–H groups in total. The zero-order valence-corrected chi connectivity index (χ0v) is 11.2. The van der Waals surface area contributed by atoms with Crippen LogP contribution in [-0.4, -0.2) is 9.97 Å². The van der Waals surface area contributed by atoms with Crippen molar-refractivity contribution in [3.63, 3.8) is 0 Å². The van der Waals surface area contributed by atoms with Gasteiger partial charge in [0, 0.05) is 16.6 Å². The first-order valence-corrected chi connectivity index (χ1v) is 7.02. The van der Waals surface area contributed by atoms with Gasteiger partial charge in [-0.2, -0.15) is 5.26 Å². The van der Waals surface area contributed by atoms with Crippen LogP contribution in [0.4, 0.5) is 4.39 Å². The van der Waals surface area contributed by atoms with E-state index in [4.69, 9.17) is 0 Å². The fourth-order valence-corrected chi connectivity index (χ4v) is 3.32. The number of thiazole rings is 1. The molecule has 1 unspecified atom stereocenters. The van der Waals surface area contributed by atoms with Crippen LogP contribution >= 0.6 is 11.3 Å². The van der Waals surface area contributed by atoms with E-state index < -0.39 is 0 Å². The van der Waals surface area contributed by atoms with Gasteiger partial charge in [-0.05, 0) is 30.7 Å². The third kappa shape index (κ3) is 2.36. The van der Waals surface area contributed by atoms with Gasteiger partial charge in [0.25, 0.3) is 0 Å². The van der Waals surface area contributed by atoms with Crippen molar-refractivity contribution in [2.45, 2.75) is 25.7 Å². The molecule has 3 rings (SSSR count). The van der Waals surface area contributed by atoms with E-state index >= 15 is 0 Å².